The van der Waals surface area contributed by atoms with Crippen molar-refractivity contribution in [2.75, 3.05) is 13.1 Å². The fraction of sp³-hybridized carbons (Fsp3) is 0.294. The van der Waals surface area contributed by atoms with Crippen molar-refractivity contribution in [3.63, 3.8) is 0 Å². The topological polar surface area (TPSA) is 57.6 Å². The molecule has 0 aliphatic carbocycles. The van der Waals surface area contributed by atoms with Crippen molar-refractivity contribution in [1.82, 2.24) is 4.90 Å². The summed E-state index contributed by atoms with van der Waals surface area (Å²) in [6, 6.07) is 9.70. The smallest absolute Gasteiger partial charge is 0.407 e. The molecule has 2 rings (SSSR count). The summed E-state index contributed by atoms with van der Waals surface area (Å²) < 4.78 is 0. The summed E-state index contributed by atoms with van der Waals surface area (Å²) in [6.45, 7) is 2.39. The highest BCUT2D eigenvalue weighted by molar-refractivity contribution is 5.97. The van der Waals surface area contributed by atoms with Crippen LogP contribution in [0, 0.1) is 11.8 Å². The van der Waals surface area contributed by atoms with Crippen LogP contribution in [-0.4, -0.2) is 35.0 Å². The fourth-order valence-corrected chi connectivity index (χ4v) is 2.34. The van der Waals surface area contributed by atoms with Gasteiger partial charge in [-0.25, -0.2) is 4.79 Å². The normalized spacial score (nSPS) is 14.1. The quantitative estimate of drug-likeness (QED) is 0.637. The third-order valence-electron chi connectivity index (χ3n) is 3.42. The van der Waals surface area contributed by atoms with Crippen LogP contribution in [0.25, 0.3) is 5.57 Å². The molecule has 0 bridgehead atoms. The average molecular weight is 283 g/mol. The Labute approximate surface area is 124 Å². The van der Waals surface area contributed by atoms with Crippen molar-refractivity contribution in [3.8, 4) is 11.8 Å². The zero-order valence-electron chi connectivity index (χ0n) is 11.9. The standard InChI is InChI=1S/C17H17NO3/c1-13(19)7-8-16(14-5-3-2-4-6-14)15-9-11-18(12-10-15)17(20)21/h2-6H,9-12H2,1H3,(H,20,21). The first kappa shape index (κ1) is 14.9. The maximum atomic E-state index is 11.1. The van der Waals surface area contributed by atoms with E-state index in [-0.39, 0.29) is 5.78 Å². The largest absolute Gasteiger partial charge is 0.465 e. The van der Waals surface area contributed by atoms with Gasteiger partial charge in [-0.2, -0.15) is 0 Å². The van der Waals surface area contributed by atoms with Gasteiger partial charge in [0.1, 0.15) is 0 Å². The molecule has 108 valence electrons. The zero-order chi connectivity index (χ0) is 15.2. The van der Waals surface area contributed by atoms with Crippen molar-refractivity contribution in [3.05, 3.63) is 41.5 Å². The lowest BCUT2D eigenvalue weighted by atomic mass is 9.93. The van der Waals surface area contributed by atoms with E-state index in [0.29, 0.717) is 25.9 Å². The second-order valence-electron chi connectivity index (χ2n) is 4.92. The summed E-state index contributed by atoms with van der Waals surface area (Å²) in [5.41, 5.74) is 2.95. The molecule has 0 radical (unpaired) electrons. The molecule has 0 spiro atoms. The molecule has 1 saturated heterocycles. The first-order valence-corrected chi connectivity index (χ1v) is 6.86. The highest BCUT2D eigenvalue weighted by atomic mass is 16.4. The number of carbonyl (C=O) groups is 2. The van der Waals surface area contributed by atoms with Crippen molar-refractivity contribution in [2.24, 2.45) is 0 Å². The van der Waals surface area contributed by atoms with E-state index in [4.69, 9.17) is 5.11 Å². The average Bonchev–Trinajstić information content (AvgIpc) is 2.49. The Morgan fingerprint density at radius 3 is 2.24 bits per heavy atom. The Kier molecular flexibility index (Phi) is 4.78. The molecule has 0 unspecified atom stereocenters. The molecule has 0 aromatic heterocycles. The van der Waals surface area contributed by atoms with Gasteiger partial charge in [0.2, 0.25) is 5.78 Å². The minimum absolute atomic E-state index is 0.174. The number of ketones is 1. The maximum Gasteiger partial charge on any atom is 0.407 e. The number of allylic oxidation sites excluding steroid dienone is 1. The van der Waals surface area contributed by atoms with Gasteiger partial charge in [0, 0.05) is 25.6 Å². The molecule has 1 N–H and O–H groups in total. The number of carboxylic acid groups (broad SMARTS) is 1. The minimum atomic E-state index is -0.884. The van der Waals surface area contributed by atoms with Gasteiger partial charge in [-0.15, -0.1) is 0 Å². The molecular weight excluding hydrogens is 266 g/mol. The van der Waals surface area contributed by atoms with Crippen LogP contribution in [0.3, 0.4) is 0 Å². The molecule has 21 heavy (non-hydrogen) atoms. The van der Waals surface area contributed by atoms with Gasteiger partial charge in [-0.3, -0.25) is 4.79 Å². The summed E-state index contributed by atoms with van der Waals surface area (Å²) in [6.07, 6.45) is 0.428. The Hall–Kier alpha value is -2.54. The van der Waals surface area contributed by atoms with E-state index in [1.54, 1.807) is 0 Å². The number of carbonyl (C=O) groups excluding carboxylic acids is 1. The van der Waals surface area contributed by atoms with Gasteiger partial charge in [-0.1, -0.05) is 41.8 Å². The van der Waals surface area contributed by atoms with Crippen LogP contribution < -0.4 is 0 Å². The predicted octanol–water partition coefficient (Wildman–Crippen LogP) is 2.81. The van der Waals surface area contributed by atoms with E-state index in [0.717, 1.165) is 16.7 Å². The van der Waals surface area contributed by atoms with Crippen molar-refractivity contribution < 1.29 is 14.7 Å². The highest BCUT2D eigenvalue weighted by Crippen LogP contribution is 2.26. The number of amides is 1. The Morgan fingerprint density at radius 1 is 1.10 bits per heavy atom. The molecule has 1 aliphatic heterocycles. The summed E-state index contributed by atoms with van der Waals surface area (Å²) in [5, 5.41) is 8.99. The number of piperidine rings is 1. The molecule has 0 atom stereocenters. The molecule has 1 heterocycles. The van der Waals surface area contributed by atoms with Crippen LogP contribution in [0.1, 0.15) is 25.3 Å². The van der Waals surface area contributed by atoms with Gasteiger partial charge in [0.05, 0.1) is 0 Å². The van der Waals surface area contributed by atoms with Crippen LogP contribution >= 0.6 is 0 Å². The number of hydrogen-bond donors (Lipinski definition) is 1. The molecule has 1 aromatic rings. The lowest BCUT2D eigenvalue weighted by molar-refractivity contribution is -0.111. The van der Waals surface area contributed by atoms with Gasteiger partial charge in [0.25, 0.3) is 0 Å². The van der Waals surface area contributed by atoms with E-state index in [1.165, 1.54) is 11.8 Å². The van der Waals surface area contributed by atoms with Gasteiger partial charge < -0.3 is 10.0 Å². The lowest BCUT2D eigenvalue weighted by Crippen LogP contribution is -2.35. The monoisotopic (exact) mass is 283 g/mol. The molecule has 1 fully saturated rings. The van der Waals surface area contributed by atoms with Crippen LogP contribution in [0.2, 0.25) is 0 Å². The van der Waals surface area contributed by atoms with Crippen LogP contribution in [0.5, 0.6) is 0 Å². The van der Waals surface area contributed by atoms with E-state index in [9.17, 15) is 9.59 Å². The lowest BCUT2D eigenvalue weighted by Gasteiger charge is -2.26. The van der Waals surface area contributed by atoms with Gasteiger partial charge in [0.15, 0.2) is 0 Å². The summed E-state index contributed by atoms with van der Waals surface area (Å²) in [7, 11) is 0. The summed E-state index contributed by atoms with van der Waals surface area (Å²) in [4.78, 5) is 23.5. The number of likely N-dealkylation sites (tertiary alicyclic amines) is 1. The Morgan fingerprint density at radius 2 is 1.71 bits per heavy atom. The Balaban J connectivity index is 2.33. The molecule has 4 heteroatoms. The molecule has 0 saturated carbocycles. The predicted molar refractivity (Wildman–Crippen MR) is 80.7 cm³/mol. The Bertz CT molecular complexity index is 625. The summed E-state index contributed by atoms with van der Waals surface area (Å²) >= 11 is 0. The molecule has 1 amide bonds. The van der Waals surface area contributed by atoms with Crippen LogP contribution in [0.15, 0.2) is 35.9 Å². The maximum absolute atomic E-state index is 11.1. The number of rotatable bonds is 1. The van der Waals surface area contributed by atoms with E-state index in [1.807, 2.05) is 30.3 Å². The number of hydrogen-bond acceptors (Lipinski definition) is 2. The molecule has 1 aromatic carbocycles. The molecule has 4 nitrogen and oxygen atoms in total. The van der Waals surface area contributed by atoms with E-state index < -0.39 is 6.09 Å². The second-order valence-corrected chi connectivity index (χ2v) is 4.92. The first-order valence-electron chi connectivity index (χ1n) is 6.86. The number of benzene rings is 1. The van der Waals surface area contributed by atoms with Crippen molar-refractivity contribution >= 4 is 17.4 Å². The second kappa shape index (κ2) is 6.76. The SMILES string of the molecule is CC(=O)C#CC(=C1CCN(C(=O)O)CC1)c1ccccc1. The number of nitrogens with zero attached hydrogens (tertiary/aromatic N) is 1. The van der Waals surface area contributed by atoms with Crippen molar-refractivity contribution in [2.45, 2.75) is 19.8 Å². The third kappa shape index (κ3) is 3.96. The summed E-state index contributed by atoms with van der Waals surface area (Å²) in [5.74, 6) is 5.39. The van der Waals surface area contributed by atoms with Crippen LogP contribution in [0.4, 0.5) is 4.79 Å². The number of Topliss-reactive ketones (excluding diaryl/α,β-unsaturated/α-hetero) is 1. The van der Waals surface area contributed by atoms with E-state index in [2.05, 4.69) is 11.8 Å². The van der Waals surface area contributed by atoms with Gasteiger partial charge >= 0.3 is 6.09 Å². The fourth-order valence-electron chi connectivity index (χ4n) is 2.34. The minimum Gasteiger partial charge on any atom is -0.465 e. The third-order valence-corrected chi connectivity index (χ3v) is 3.42. The van der Waals surface area contributed by atoms with Crippen LogP contribution in [-0.2, 0) is 4.79 Å². The first-order chi connectivity index (χ1) is 10.1. The molecule has 1 aliphatic rings. The van der Waals surface area contributed by atoms with Crippen molar-refractivity contribution in [1.29, 1.82) is 0 Å². The molecular formula is C17H17NO3. The highest BCUT2D eigenvalue weighted by Gasteiger charge is 2.20. The van der Waals surface area contributed by atoms with Gasteiger partial charge in [-0.05, 0) is 24.3 Å². The van der Waals surface area contributed by atoms with E-state index >= 15 is 0 Å². The zero-order valence-corrected chi connectivity index (χ0v) is 11.9.